The molecular weight excluding hydrogens is 182 g/mol. The largest absolute Gasteiger partial charge is 0.379 e. The smallest absolute Gasteiger partial charge is 0.147 e. The van der Waals surface area contributed by atoms with Crippen molar-refractivity contribution < 1.29 is 0 Å². The molecule has 1 rings (SSSR count). The predicted octanol–water partition coefficient (Wildman–Crippen LogP) is 1.54. The van der Waals surface area contributed by atoms with E-state index in [1.165, 1.54) is 12.8 Å². The number of thiol groups is 1. The predicted molar refractivity (Wildman–Crippen MR) is 51.1 cm³/mol. The Labute approximate surface area is 78.3 Å². The van der Waals surface area contributed by atoms with Crippen LogP contribution < -0.4 is 5.73 Å². The lowest BCUT2D eigenvalue weighted by molar-refractivity contribution is 0.873. The fraction of sp³-hybridized carbons (Fsp3) is 0.667. The zero-order valence-corrected chi connectivity index (χ0v) is 7.79. The standard InChI is InChI=1S/C5H7N.CH4N2S.ClH/c6-4-3-5-1-2-5;2-1(3)4;/h5H,1-3H2;(H4,2,3,4);1H. The third-order valence-electron chi connectivity index (χ3n) is 1.08. The van der Waals surface area contributed by atoms with E-state index in [-0.39, 0.29) is 17.6 Å². The first-order chi connectivity index (χ1) is 4.66. The molecule has 0 amide bonds. The van der Waals surface area contributed by atoms with Gasteiger partial charge in [-0.15, -0.1) is 25.0 Å². The maximum Gasteiger partial charge on any atom is 0.147 e. The Kier molecular flexibility index (Phi) is 9.25. The lowest BCUT2D eigenvalue weighted by Crippen LogP contribution is -1.96. The van der Waals surface area contributed by atoms with Gasteiger partial charge in [0.05, 0.1) is 6.07 Å². The highest BCUT2D eigenvalue weighted by molar-refractivity contribution is 7.96. The van der Waals surface area contributed by atoms with Gasteiger partial charge in [-0.05, 0) is 18.8 Å². The number of nitriles is 1. The van der Waals surface area contributed by atoms with Crippen molar-refractivity contribution in [1.82, 2.24) is 0 Å². The van der Waals surface area contributed by atoms with Crippen LogP contribution in [-0.4, -0.2) is 5.17 Å². The molecule has 0 saturated heterocycles. The zero-order chi connectivity index (χ0) is 7.98. The molecule has 0 aromatic rings. The van der Waals surface area contributed by atoms with Crippen LogP contribution in [0.25, 0.3) is 0 Å². The number of rotatable bonds is 1. The Morgan fingerprint density at radius 1 is 1.73 bits per heavy atom. The van der Waals surface area contributed by atoms with Crippen molar-refractivity contribution in [3.8, 4) is 6.07 Å². The molecule has 1 aliphatic rings. The summed E-state index contributed by atoms with van der Waals surface area (Å²) in [6, 6.07) is 2.13. The highest BCUT2D eigenvalue weighted by Gasteiger charge is 2.19. The second-order valence-electron chi connectivity index (χ2n) is 2.19. The van der Waals surface area contributed by atoms with E-state index >= 15 is 0 Å². The van der Waals surface area contributed by atoms with Crippen LogP contribution in [0, 0.1) is 22.7 Å². The zero-order valence-electron chi connectivity index (χ0n) is 6.08. The van der Waals surface area contributed by atoms with Crippen LogP contribution >= 0.6 is 25.0 Å². The Balaban J connectivity index is 0. The van der Waals surface area contributed by atoms with E-state index < -0.39 is 0 Å². The molecule has 0 atom stereocenters. The first kappa shape index (κ1) is 13.2. The average molecular weight is 194 g/mol. The summed E-state index contributed by atoms with van der Waals surface area (Å²) in [4.78, 5) is 0. The molecular formula is C6H12ClN3S. The van der Waals surface area contributed by atoms with Crippen molar-refractivity contribution in [1.29, 1.82) is 10.7 Å². The summed E-state index contributed by atoms with van der Waals surface area (Å²) < 4.78 is 0. The molecule has 0 spiro atoms. The van der Waals surface area contributed by atoms with E-state index in [2.05, 4.69) is 24.4 Å². The first-order valence-corrected chi connectivity index (χ1v) is 3.51. The molecule has 0 aliphatic heterocycles. The normalized spacial score (nSPS) is 13.1. The second kappa shape index (κ2) is 7.70. The van der Waals surface area contributed by atoms with Crippen LogP contribution in [0.5, 0.6) is 0 Å². The van der Waals surface area contributed by atoms with Crippen LogP contribution in [0.3, 0.4) is 0 Å². The molecule has 0 aromatic heterocycles. The maximum absolute atomic E-state index is 8.03. The molecule has 0 bridgehead atoms. The molecule has 3 nitrogen and oxygen atoms in total. The number of nitrogens with one attached hydrogen (secondary N) is 1. The number of hydrogen-bond acceptors (Lipinski definition) is 2. The monoisotopic (exact) mass is 193 g/mol. The SMILES string of the molecule is Cl.N#CCC1CC1.N=C(N)S. The van der Waals surface area contributed by atoms with Crippen molar-refractivity contribution in [3.05, 3.63) is 0 Å². The van der Waals surface area contributed by atoms with Crippen molar-refractivity contribution >= 4 is 30.2 Å². The summed E-state index contributed by atoms with van der Waals surface area (Å²) in [6.07, 6.45) is 3.39. The molecule has 0 radical (unpaired) electrons. The summed E-state index contributed by atoms with van der Waals surface area (Å²) in [7, 11) is 0. The number of halogens is 1. The molecule has 3 N–H and O–H groups in total. The van der Waals surface area contributed by atoms with E-state index in [0.717, 1.165) is 12.3 Å². The molecule has 1 aliphatic carbocycles. The molecule has 11 heavy (non-hydrogen) atoms. The van der Waals surface area contributed by atoms with Crippen molar-refractivity contribution in [2.45, 2.75) is 19.3 Å². The summed E-state index contributed by atoms with van der Waals surface area (Å²) in [5, 5.41) is 14.0. The fourth-order valence-corrected chi connectivity index (χ4v) is 0.451. The summed E-state index contributed by atoms with van der Waals surface area (Å²) in [6.45, 7) is 0. The van der Waals surface area contributed by atoms with Gasteiger partial charge in [0.1, 0.15) is 5.17 Å². The van der Waals surface area contributed by atoms with Crippen molar-refractivity contribution in [3.63, 3.8) is 0 Å². The van der Waals surface area contributed by atoms with Gasteiger partial charge in [0.15, 0.2) is 0 Å². The Morgan fingerprint density at radius 3 is 2.18 bits per heavy atom. The van der Waals surface area contributed by atoms with Gasteiger partial charge in [-0.2, -0.15) is 5.26 Å². The molecule has 0 aromatic carbocycles. The van der Waals surface area contributed by atoms with Gasteiger partial charge in [-0.3, -0.25) is 5.41 Å². The van der Waals surface area contributed by atoms with Gasteiger partial charge in [0, 0.05) is 6.42 Å². The van der Waals surface area contributed by atoms with E-state index in [0.29, 0.717) is 0 Å². The highest BCUT2D eigenvalue weighted by atomic mass is 35.5. The van der Waals surface area contributed by atoms with Gasteiger partial charge >= 0.3 is 0 Å². The lowest BCUT2D eigenvalue weighted by Gasteiger charge is -1.70. The van der Waals surface area contributed by atoms with Gasteiger partial charge in [-0.1, -0.05) is 0 Å². The Bertz CT molecular complexity index is 146. The Morgan fingerprint density at radius 2 is 2.09 bits per heavy atom. The van der Waals surface area contributed by atoms with E-state index in [1.807, 2.05) is 0 Å². The van der Waals surface area contributed by atoms with E-state index in [4.69, 9.17) is 10.7 Å². The Hall–Kier alpha value is -0.400. The molecule has 1 fully saturated rings. The summed E-state index contributed by atoms with van der Waals surface area (Å²) >= 11 is 3.33. The minimum absolute atomic E-state index is 0. The molecule has 0 heterocycles. The van der Waals surface area contributed by atoms with Crippen LogP contribution in [-0.2, 0) is 0 Å². The number of nitrogens with zero attached hydrogens (tertiary/aromatic N) is 1. The van der Waals surface area contributed by atoms with Crippen LogP contribution in [0.4, 0.5) is 0 Å². The molecule has 64 valence electrons. The fourth-order valence-electron chi connectivity index (χ4n) is 0.451. The average Bonchev–Trinajstić information content (AvgIpc) is 2.48. The van der Waals surface area contributed by atoms with Gasteiger partial charge in [0.25, 0.3) is 0 Å². The topological polar surface area (TPSA) is 73.7 Å². The number of hydrogen-bond donors (Lipinski definition) is 3. The van der Waals surface area contributed by atoms with E-state index in [9.17, 15) is 0 Å². The molecule has 5 heteroatoms. The third-order valence-corrected chi connectivity index (χ3v) is 1.08. The van der Waals surface area contributed by atoms with E-state index in [1.54, 1.807) is 0 Å². The number of nitrogens with two attached hydrogens (primary N) is 1. The van der Waals surface area contributed by atoms with Crippen molar-refractivity contribution in [2.75, 3.05) is 0 Å². The summed E-state index contributed by atoms with van der Waals surface area (Å²) in [5.41, 5.74) is 4.56. The minimum Gasteiger partial charge on any atom is -0.379 e. The first-order valence-electron chi connectivity index (χ1n) is 3.06. The maximum atomic E-state index is 8.03. The van der Waals surface area contributed by atoms with Crippen LogP contribution in [0.1, 0.15) is 19.3 Å². The highest BCUT2D eigenvalue weighted by Crippen LogP contribution is 2.31. The van der Waals surface area contributed by atoms with Gasteiger partial charge < -0.3 is 5.73 Å². The second-order valence-corrected chi connectivity index (χ2v) is 2.67. The van der Waals surface area contributed by atoms with Gasteiger partial charge in [-0.25, -0.2) is 0 Å². The van der Waals surface area contributed by atoms with Crippen molar-refractivity contribution in [2.24, 2.45) is 11.7 Å². The number of amidine groups is 1. The van der Waals surface area contributed by atoms with Crippen LogP contribution in [0.15, 0.2) is 0 Å². The quantitative estimate of drug-likeness (QED) is 0.336. The molecule has 0 unspecified atom stereocenters. The molecule has 1 saturated carbocycles. The third kappa shape index (κ3) is 17.7. The lowest BCUT2D eigenvalue weighted by atomic mass is 10.3. The van der Waals surface area contributed by atoms with Crippen LogP contribution in [0.2, 0.25) is 0 Å². The van der Waals surface area contributed by atoms with Gasteiger partial charge in [0.2, 0.25) is 0 Å². The summed E-state index contributed by atoms with van der Waals surface area (Å²) in [5.74, 6) is 0.787. The minimum atomic E-state index is -0.139.